The normalized spacial score (nSPS) is 23.5. The molecule has 1 unspecified atom stereocenters. The summed E-state index contributed by atoms with van der Waals surface area (Å²) in [6, 6.07) is 0. The van der Waals surface area contributed by atoms with Crippen LogP contribution in [0.5, 0.6) is 0 Å². The van der Waals surface area contributed by atoms with E-state index in [1.807, 2.05) is 0 Å². The third kappa shape index (κ3) is 3.29. The van der Waals surface area contributed by atoms with E-state index in [1.54, 1.807) is 0 Å². The van der Waals surface area contributed by atoms with Crippen molar-refractivity contribution < 1.29 is 4.74 Å². The van der Waals surface area contributed by atoms with Crippen LogP contribution in [0.4, 0.5) is 0 Å². The predicted octanol–water partition coefficient (Wildman–Crippen LogP) is 2.42. The van der Waals surface area contributed by atoms with E-state index in [4.69, 9.17) is 4.74 Å². The van der Waals surface area contributed by atoms with E-state index in [-0.39, 0.29) is 6.10 Å². The van der Waals surface area contributed by atoms with Crippen LogP contribution in [0.15, 0.2) is 0 Å². The molecule has 2 aliphatic rings. The van der Waals surface area contributed by atoms with Gasteiger partial charge in [0, 0.05) is 39.2 Å². The Morgan fingerprint density at radius 3 is 2.76 bits per heavy atom. The molecule has 5 heteroatoms. The lowest BCUT2D eigenvalue weighted by Crippen LogP contribution is -2.32. The molecule has 0 aromatic carbocycles. The maximum absolute atomic E-state index is 5.79. The zero-order valence-corrected chi connectivity index (χ0v) is 13.4. The van der Waals surface area contributed by atoms with Crippen LogP contribution in [-0.2, 0) is 17.7 Å². The van der Waals surface area contributed by atoms with Gasteiger partial charge in [-0.05, 0) is 18.8 Å². The molecule has 2 aliphatic heterocycles. The van der Waals surface area contributed by atoms with Crippen molar-refractivity contribution in [3.63, 3.8) is 0 Å². The van der Waals surface area contributed by atoms with Gasteiger partial charge in [0.2, 0.25) is 0 Å². The molecule has 5 nitrogen and oxygen atoms in total. The standard InChI is InChI=1S/C16H28N4O/c1-3-13(4-2)12-19-8-7-15-17-18-16(20(15)10-9-19)14-6-5-11-21-14/h13-14H,3-12H2,1-2H3. The summed E-state index contributed by atoms with van der Waals surface area (Å²) in [5, 5.41) is 8.83. The Bertz CT molecular complexity index is 449. The SMILES string of the molecule is CCC(CC)CN1CCc2nnc(C3CCCO3)n2CC1. The van der Waals surface area contributed by atoms with Crippen LogP contribution in [-0.4, -0.2) is 45.9 Å². The molecule has 3 rings (SSSR count). The Kier molecular flexibility index (Phi) is 4.91. The second kappa shape index (κ2) is 6.88. The van der Waals surface area contributed by atoms with Crippen LogP contribution in [0.2, 0.25) is 0 Å². The first-order valence-electron chi connectivity index (χ1n) is 8.57. The Morgan fingerprint density at radius 1 is 1.19 bits per heavy atom. The molecule has 0 bridgehead atoms. The second-order valence-corrected chi connectivity index (χ2v) is 6.36. The van der Waals surface area contributed by atoms with Crippen molar-refractivity contribution in [2.75, 3.05) is 26.2 Å². The Balaban J connectivity index is 1.66. The molecule has 0 saturated carbocycles. The minimum atomic E-state index is 0.178. The Morgan fingerprint density at radius 2 is 2.05 bits per heavy atom. The molecule has 0 N–H and O–H groups in total. The van der Waals surface area contributed by atoms with Crippen LogP contribution < -0.4 is 0 Å². The van der Waals surface area contributed by atoms with Crippen molar-refractivity contribution in [2.24, 2.45) is 5.92 Å². The first-order chi connectivity index (χ1) is 10.3. The van der Waals surface area contributed by atoms with Crippen molar-refractivity contribution in [1.29, 1.82) is 0 Å². The number of hydrogen-bond acceptors (Lipinski definition) is 4. The number of nitrogens with zero attached hydrogens (tertiary/aromatic N) is 4. The third-order valence-electron chi connectivity index (χ3n) is 5.04. The van der Waals surface area contributed by atoms with Gasteiger partial charge in [0.15, 0.2) is 5.82 Å². The molecule has 0 spiro atoms. The monoisotopic (exact) mass is 292 g/mol. The number of aromatic nitrogens is 3. The van der Waals surface area contributed by atoms with Gasteiger partial charge in [-0.15, -0.1) is 10.2 Å². The first kappa shape index (κ1) is 15.0. The Labute approximate surface area is 127 Å². The first-order valence-corrected chi connectivity index (χ1v) is 8.57. The molecular weight excluding hydrogens is 264 g/mol. The molecular formula is C16H28N4O. The summed E-state index contributed by atoms with van der Waals surface area (Å²) in [4.78, 5) is 2.60. The van der Waals surface area contributed by atoms with Gasteiger partial charge in [-0.2, -0.15) is 0 Å². The van der Waals surface area contributed by atoms with Gasteiger partial charge in [0.05, 0.1) is 0 Å². The summed E-state index contributed by atoms with van der Waals surface area (Å²) in [7, 11) is 0. The molecule has 1 aromatic heterocycles. The average molecular weight is 292 g/mol. The molecule has 1 fully saturated rings. The van der Waals surface area contributed by atoms with E-state index in [2.05, 4.69) is 33.5 Å². The number of rotatable bonds is 5. The van der Waals surface area contributed by atoms with Crippen LogP contribution >= 0.6 is 0 Å². The summed E-state index contributed by atoms with van der Waals surface area (Å²) in [6.07, 6.45) is 5.99. The smallest absolute Gasteiger partial charge is 0.162 e. The zero-order valence-electron chi connectivity index (χ0n) is 13.4. The van der Waals surface area contributed by atoms with E-state index in [9.17, 15) is 0 Å². The van der Waals surface area contributed by atoms with Crippen molar-refractivity contribution in [3.05, 3.63) is 11.6 Å². The summed E-state index contributed by atoms with van der Waals surface area (Å²) in [6.45, 7) is 9.93. The van der Waals surface area contributed by atoms with Crippen molar-refractivity contribution >= 4 is 0 Å². The molecule has 3 heterocycles. The Hall–Kier alpha value is -0.940. The van der Waals surface area contributed by atoms with Crippen LogP contribution in [0.25, 0.3) is 0 Å². The van der Waals surface area contributed by atoms with Crippen molar-refractivity contribution in [2.45, 2.75) is 58.6 Å². The molecule has 1 aromatic rings. The number of fused-ring (bicyclic) bond motifs is 1. The minimum absolute atomic E-state index is 0.178. The maximum Gasteiger partial charge on any atom is 0.162 e. The molecule has 21 heavy (non-hydrogen) atoms. The highest BCUT2D eigenvalue weighted by Gasteiger charge is 2.27. The molecule has 0 aliphatic carbocycles. The van der Waals surface area contributed by atoms with Gasteiger partial charge in [0.1, 0.15) is 11.9 Å². The fraction of sp³-hybridized carbons (Fsp3) is 0.875. The molecule has 1 atom stereocenters. The molecule has 0 radical (unpaired) electrons. The summed E-state index contributed by atoms with van der Waals surface area (Å²) in [5.41, 5.74) is 0. The fourth-order valence-electron chi connectivity index (χ4n) is 3.50. The van der Waals surface area contributed by atoms with Crippen molar-refractivity contribution in [3.8, 4) is 0 Å². The highest BCUT2D eigenvalue weighted by Crippen LogP contribution is 2.28. The van der Waals surface area contributed by atoms with Crippen molar-refractivity contribution in [1.82, 2.24) is 19.7 Å². The fourth-order valence-corrected chi connectivity index (χ4v) is 3.50. The van der Waals surface area contributed by atoms with Gasteiger partial charge in [-0.1, -0.05) is 26.7 Å². The predicted molar refractivity (Wildman–Crippen MR) is 82.2 cm³/mol. The lowest BCUT2D eigenvalue weighted by Gasteiger charge is -2.24. The van der Waals surface area contributed by atoms with Gasteiger partial charge in [0.25, 0.3) is 0 Å². The molecule has 0 amide bonds. The van der Waals surface area contributed by atoms with E-state index in [1.165, 1.54) is 19.4 Å². The van der Waals surface area contributed by atoms with Gasteiger partial charge in [-0.3, -0.25) is 0 Å². The lowest BCUT2D eigenvalue weighted by molar-refractivity contribution is 0.101. The highest BCUT2D eigenvalue weighted by atomic mass is 16.5. The zero-order chi connectivity index (χ0) is 14.7. The minimum Gasteiger partial charge on any atom is -0.370 e. The van der Waals surface area contributed by atoms with Crippen LogP contribution in [0.1, 0.15) is 57.3 Å². The number of hydrogen-bond donors (Lipinski definition) is 0. The number of ether oxygens (including phenoxy) is 1. The summed E-state index contributed by atoms with van der Waals surface area (Å²) in [5.74, 6) is 3.03. The second-order valence-electron chi connectivity index (χ2n) is 6.36. The molecule has 118 valence electrons. The maximum atomic E-state index is 5.79. The van der Waals surface area contributed by atoms with E-state index in [0.717, 1.165) is 63.1 Å². The summed E-state index contributed by atoms with van der Waals surface area (Å²) < 4.78 is 8.12. The topological polar surface area (TPSA) is 43.2 Å². The van der Waals surface area contributed by atoms with E-state index in [0.29, 0.717) is 0 Å². The van der Waals surface area contributed by atoms with Crippen LogP contribution in [0.3, 0.4) is 0 Å². The highest BCUT2D eigenvalue weighted by molar-refractivity contribution is 5.03. The largest absolute Gasteiger partial charge is 0.370 e. The van der Waals surface area contributed by atoms with Gasteiger partial charge < -0.3 is 14.2 Å². The quantitative estimate of drug-likeness (QED) is 0.836. The van der Waals surface area contributed by atoms with Gasteiger partial charge >= 0.3 is 0 Å². The van der Waals surface area contributed by atoms with E-state index >= 15 is 0 Å². The van der Waals surface area contributed by atoms with Gasteiger partial charge in [-0.25, -0.2) is 0 Å². The third-order valence-corrected chi connectivity index (χ3v) is 5.04. The average Bonchev–Trinajstić information content (AvgIpc) is 3.12. The summed E-state index contributed by atoms with van der Waals surface area (Å²) >= 11 is 0. The molecule has 1 saturated heterocycles. The van der Waals surface area contributed by atoms with Crippen LogP contribution in [0, 0.1) is 5.92 Å². The lowest BCUT2D eigenvalue weighted by atomic mass is 10.0. The van der Waals surface area contributed by atoms with E-state index < -0.39 is 0 Å².